The molecule has 2 N–H and O–H groups in total. The average Bonchev–Trinajstić information content (AvgIpc) is 2.82. The van der Waals surface area contributed by atoms with Crippen LogP contribution in [-0.4, -0.2) is 36.4 Å². The lowest BCUT2D eigenvalue weighted by Gasteiger charge is -2.24. The van der Waals surface area contributed by atoms with E-state index in [2.05, 4.69) is 17.2 Å². The van der Waals surface area contributed by atoms with E-state index in [9.17, 15) is 4.79 Å². The Kier molecular flexibility index (Phi) is 6.03. The quantitative estimate of drug-likeness (QED) is 0.807. The van der Waals surface area contributed by atoms with Crippen molar-refractivity contribution < 1.29 is 14.6 Å². The number of rotatable bonds is 5. The zero-order valence-electron chi connectivity index (χ0n) is 11.4. The van der Waals surface area contributed by atoms with E-state index >= 15 is 0 Å². The first-order valence-electron chi connectivity index (χ1n) is 6.10. The first-order valence-corrected chi connectivity index (χ1v) is 6.92. The molecule has 0 aliphatic rings. The normalized spacial score (nSPS) is 10.7. The number of ether oxygens (including phenoxy) is 1. The van der Waals surface area contributed by atoms with Crippen LogP contribution in [0, 0.1) is 11.8 Å². The molecule has 0 saturated heterocycles. The fraction of sp³-hybridized carbons (Fsp3) is 0.500. The molecule has 0 unspecified atom stereocenters. The summed E-state index contributed by atoms with van der Waals surface area (Å²) in [7, 11) is 0. The second-order valence-electron chi connectivity index (χ2n) is 4.50. The monoisotopic (exact) mass is 281 g/mol. The zero-order valence-corrected chi connectivity index (χ0v) is 12.3. The minimum absolute atomic E-state index is 0.130. The van der Waals surface area contributed by atoms with Crippen LogP contribution in [0.4, 0.5) is 0 Å². The van der Waals surface area contributed by atoms with E-state index in [-0.39, 0.29) is 18.1 Å². The summed E-state index contributed by atoms with van der Waals surface area (Å²) in [5.41, 5.74) is -0.374. The van der Waals surface area contributed by atoms with Gasteiger partial charge in [-0.25, -0.2) is 0 Å². The molecule has 1 amide bonds. The van der Waals surface area contributed by atoms with Crippen molar-refractivity contribution in [3.8, 4) is 11.8 Å². The highest BCUT2D eigenvalue weighted by Gasteiger charge is 2.19. The molecule has 0 atom stereocenters. The smallest absolute Gasteiger partial charge is 0.261 e. The van der Waals surface area contributed by atoms with Crippen molar-refractivity contribution in [1.29, 1.82) is 0 Å². The predicted molar refractivity (Wildman–Crippen MR) is 76.3 cm³/mol. The Morgan fingerprint density at radius 2 is 2.26 bits per heavy atom. The number of amides is 1. The van der Waals surface area contributed by atoms with Gasteiger partial charge in [0, 0.05) is 13.2 Å². The predicted octanol–water partition coefficient (Wildman–Crippen LogP) is 1.64. The fourth-order valence-corrected chi connectivity index (χ4v) is 2.27. The van der Waals surface area contributed by atoms with E-state index in [1.165, 1.54) is 11.3 Å². The van der Waals surface area contributed by atoms with Gasteiger partial charge in [-0.05, 0) is 32.9 Å². The summed E-state index contributed by atoms with van der Waals surface area (Å²) in [6.45, 7) is 6.68. The minimum atomic E-state index is -0.374. The second kappa shape index (κ2) is 7.29. The molecule has 1 aromatic rings. The number of hydrogen-bond acceptors (Lipinski definition) is 4. The molecule has 5 heteroatoms. The number of aliphatic hydroxyl groups is 1. The Labute approximate surface area is 117 Å². The summed E-state index contributed by atoms with van der Waals surface area (Å²) >= 11 is 1.31. The average molecular weight is 281 g/mol. The number of carbonyl (C=O) groups is 1. The first-order chi connectivity index (χ1) is 8.98. The van der Waals surface area contributed by atoms with Crippen LogP contribution < -0.4 is 5.32 Å². The van der Waals surface area contributed by atoms with Crippen molar-refractivity contribution in [2.24, 2.45) is 0 Å². The van der Waals surface area contributed by atoms with Crippen LogP contribution in [0.25, 0.3) is 0 Å². The molecule has 0 saturated carbocycles. The minimum Gasteiger partial charge on any atom is -0.384 e. The van der Waals surface area contributed by atoms with Crippen molar-refractivity contribution in [3.05, 3.63) is 21.9 Å². The molecule has 0 aliphatic heterocycles. The molecule has 0 aromatic carbocycles. The van der Waals surface area contributed by atoms with E-state index in [0.717, 1.165) is 4.88 Å². The third-order valence-electron chi connectivity index (χ3n) is 2.33. The molecule has 1 rings (SSSR count). The van der Waals surface area contributed by atoms with Crippen molar-refractivity contribution in [1.82, 2.24) is 5.32 Å². The summed E-state index contributed by atoms with van der Waals surface area (Å²) in [6.07, 6.45) is 0. The van der Waals surface area contributed by atoms with Gasteiger partial charge >= 0.3 is 0 Å². The van der Waals surface area contributed by atoms with Crippen LogP contribution in [0.3, 0.4) is 0 Å². The lowest BCUT2D eigenvalue weighted by atomic mass is 10.1. The van der Waals surface area contributed by atoms with Gasteiger partial charge in [0.25, 0.3) is 5.91 Å². The summed E-state index contributed by atoms with van der Waals surface area (Å²) in [5.74, 6) is 5.20. The van der Waals surface area contributed by atoms with Gasteiger partial charge in [-0.15, -0.1) is 11.3 Å². The second-order valence-corrected chi connectivity index (χ2v) is 5.58. The fourth-order valence-electron chi connectivity index (χ4n) is 1.48. The molecule has 1 aromatic heterocycles. The van der Waals surface area contributed by atoms with Gasteiger partial charge in [0.05, 0.1) is 15.4 Å². The highest BCUT2D eigenvalue weighted by atomic mass is 32.1. The summed E-state index contributed by atoms with van der Waals surface area (Å²) in [6, 6.07) is 3.50. The Morgan fingerprint density at radius 3 is 2.89 bits per heavy atom. The van der Waals surface area contributed by atoms with Gasteiger partial charge in [-0.2, -0.15) is 0 Å². The van der Waals surface area contributed by atoms with Crippen molar-refractivity contribution in [2.75, 3.05) is 19.8 Å². The van der Waals surface area contributed by atoms with Crippen LogP contribution in [-0.2, 0) is 4.74 Å². The topological polar surface area (TPSA) is 58.6 Å². The van der Waals surface area contributed by atoms with Gasteiger partial charge < -0.3 is 15.2 Å². The SMILES string of the molecule is CCOC(C)(C)CNC(=O)c1ccc(C#CCO)s1. The number of hydrogen-bond donors (Lipinski definition) is 2. The molecule has 0 spiro atoms. The lowest BCUT2D eigenvalue weighted by Crippen LogP contribution is -2.40. The van der Waals surface area contributed by atoms with Crippen molar-refractivity contribution in [2.45, 2.75) is 26.4 Å². The third-order valence-corrected chi connectivity index (χ3v) is 3.33. The molecule has 4 nitrogen and oxygen atoms in total. The van der Waals surface area contributed by atoms with Crippen molar-refractivity contribution in [3.63, 3.8) is 0 Å². The Morgan fingerprint density at radius 1 is 1.53 bits per heavy atom. The van der Waals surface area contributed by atoms with E-state index in [0.29, 0.717) is 18.0 Å². The molecule has 0 aliphatic carbocycles. The summed E-state index contributed by atoms with van der Waals surface area (Å²) in [5, 5.41) is 11.4. The maximum absolute atomic E-state index is 11.9. The van der Waals surface area contributed by atoms with E-state index < -0.39 is 0 Å². The van der Waals surface area contributed by atoms with Crippen molar-refractivity contribution >= 4 is 17.2 Å². The molecule has 0 bridgehead atoms. The van der Waals surface area contributed by atoms with Gasteiger partial charge in [0.2, 0.25) is 0 Å². The first kappa shape index (κ1) is 15.7. The molecule has 1 heterocycles. The van der Waals surface area contributed by atoms with Crippen LogP contribution >= 0.6 is 11.3 Å². The molecule has 104 valence electrons. The third kappa shape index (κ3) is 5.43. The van der Waals surface area contributed by atoms with Crippen LogP contribution in [0.15, 0.2) is 12.1 Å². The standard InChI is InChI=1S/C14H19NO3S/c1-4-18-14(2,3)10-15-13(17)12-8-7-11(19-12)6-5-9-16/h7-8,16H,4,9-10H2,1-3H3,(H,15,17). The van der Waals surface area contributed by atoms with Crippen LogP contribution in [0.1, 0.15) is 35.3 Å². The van der Waals surface area contributed by atoms with Crippen LogP contribution in [0.2, 0.25) is 0 Å². The summed E-state index contributed by atoms with van der Waals surface area (Å²) in [4.78, 5) is 13.3. The molecule has 0 fully saturated rings. The Bertz CT molecular complexity index is 482. The Balaban J connectivity index is 2.56. The van der Waals surface area contributed by atoms with Gasteiger partial charge in [0.15, 0.2) is 0 Å². The molecule has 19 heavy (non-hydrogen) atoms. The highest BCUT2D eigenvalue weighted by molar-refractivity contribution is 7.14. The maximum atomic E-state index is 11.9. The number of thiophene rings is 1. The van der Waals surface area contributed by atoms with E-state index in [1.807, 2.05) is 20.8 Å². The van der Waals surface area contributed by atoms with Gasteiger partial charge in [-0.1, -0.05) is 11.8 Å². The van der Waals surface area contributed by atoms with Crippen LogP contribution in [0.5, 0.6) is 0 Å². The summed E-state index contributed by atoms with van der Waals surface area (Å²) < 4.78 is 5.51. The molecule has 0 radical (unpaired) electrons. The number of nitrogens with one attached hydrogen (secondary N) is 1. The molecular weight excluding hydrogens is 262 g/mol. The number of carbonyl (C=O) groups excluding carboxylic acids is 1. The van der Waals surface area contributed by atoms with E-state index in [4.69, 9.17) is 9.84 Å². The Hall–Kier alpha value is -1.35. The van der Waals surface area contributed by atoms with Gasteiger partial charge in [-0.3, -0.25) is 4.79 Å². The highest BCUT2D eigenvalue weighted by Crippen LogP contribution is 2.15. The molecular formula is C14H19NO3S. The maximum Gasteiger partial charge on any atom is 0.261 e. The largest absolute Gasteiger partial charge is 0.384 e. The van der Waals surface area contributed by atoms with Gasteiger partial charge in [0.1, 0.15) is 6.61 Å². The zero-order chi connectivity index (χ0) is 14.3. The van der Waals surface area contributed by atoms with E-state index in [1.54, 1.807) is 12.1 Å². The lowest BCUT2D eigenvalue weighted by molar-refractivity contribution is -0.00812. The number of aliphatic hydroxyl groups excluding tert-OH is 1.